The molecule has 0 amide bonds. The molecule has 1 aromatic carbocycles. The van der Waals surface area contributed by atoms with E-state index in [2.05, 4.69) is 21.2 Å². The maximum atomic E-state index is 13.4. The van der Waals surface area contributed by atoms with Gasteiger partial charge in [-0.2, -0.15) is 0 Å². The lowest BCUT2D eigenvalue weighted by Gasteiger charge is -2.14. The van der Waals surface area contributed by atoms with Gasteiger partial charge in [0.2, 0.25) is 0 Å². The number of hydrogen-bond donors (Lipinski definition) is 1. The molecule has 1 unspecified atom stereocenters. The summed E-state index contributed by atoms with van der Waals surface area (Å²) in [6.45, 7) is 1.89. The third-order valence-electron chi connectivity index (χ3n) is 2.55. The first-order valence-corrected chi connectivity index (χ1v) is 6.09. The summed E-state index contributed by atoms with van der Waals surface area (Å²) in [5, 5.41) is 3.12. The Bertz CT molecular complexity index is 504. The van der Waals surface area contributed by atoms with Crippen molar-refractivity contribution in [3.05, 3.63) is 57.7 Å². The molecule has 0 aliphatic carbocycles. The molecule has 2 rings (SSSR count). The number of halogens is 2. The Balaban J connectivity index is 2.41. The van der Waals surface area contributed by atoms with Gasteiger partial charge in [-0.25, -0.2) is 4.39 Å². The average Bonchev–Trinajstić information content (AvgIpc) is 2.64. The van der Waals surface area contributed by atoms with Crippen LogP contribution in [0, 0.1) is 12.7 Å². The second kappa shape index (κ2) is 5.02. The normalized spacial score (nSPS) is 12.7. The van der Waals surface area contributed by atoms with Crippen molar-refractivity contribution >= 4 is 15.9 Å². The van der Waals surface area contributed by atoms with Crippen molar-refractivity contribution in [1.29, 1.82) is 0 Å². The predicted molar refractivity (Wildman–Crippen MR) is 68.4 cm³/mol. The largest absolute Gasteiger partial charge is 0.464 e. The summed E-state index contributed by atoms with van der Waals surface area (Å²) in [7, 11) is 1.82. The molecule has 0 fully saturated rings. The van der Waals surface area contributed by atoms with Crippen LogP contribution in [0.5, 0.6) is 0 Å². The zero-order valence-electron chi connectivity index (χ0n) is 9.63. The van der Waals surface area contributed by atoms with E-state index < -0.39 is 0 Å². The Morgan fingerprint density at radius 1 is 1.29 bits per heavy atom. The van der Waals surface area contributed by atoms with Gasteiger partial charge < -0.3 is 9.73 Å². The molecule has 90 valence electrons. The summed E-state index contributed by atoms with van der Waals surface area (Å²) in [6.07, 6.45) is 0. The fourth-order valence-corrected chi connectivity index (χ4v) is 2.31. The van der Waals surface area contributed by atoms with Crippen molar-refractivity contribution in [2.75, 3.05) is 7.05 Å². The number of rotatable bonds is 3. The topological polar surface area (TPSA) is 25.2 Å². The van der Waals surface area contributed by atoms with E-state index in [9.17, 15) is 4.39 Å². The zero-order chi connectivity index (χ0) is 12.4. The maximum absolute atomic E-state index is 13.4. The van der Waals surface area contributed by atoms with Gasteiger partial charge in [-0.15, -0.1) is 0 Å². The Kier molecular flexibility index (Phi) is 3.64. The number of furan rings is 1. The van der Waals surface area contributed by atoms with Gasteiger partial charge in [0.25, 0.3) is 0 Å². The first-order chi connectivity index (χ1) is 8.10. The number of hydrogen-bond acceptors (Lipinski definition) is 2. The minimum Gasteiger partial charge on any atom is -0.464 e. The van der Waals surface area contributed by atoms with E-state index in [1.807, 2.05) is 32.2 Å². The van der Waals surface area contributed by atoms with E-state index in [0.717, 1.165) is 21.6 Å². The monoisotopic (exact) mass is 297 g/mol. The molecule has 0 saturated carbocycles. The van der Waals surface area contributed by atoms with Crippen molar-refractivity contribution in [2.24, 2.45) is 0 Å². The summed E-state index contributed by atoms with van der Waals surface area (Å²) in [4.78, 5) is 0. The first kappa shape index (κ1) is 12.3. The van der Waals surface area contributed by atoms with Crippen molar-refractivity contribution < 1.29 is 8.81 Å². The van der Waals surface area contributed by atoms with Crippen molar-refractivity contribution in [2.45, 2.75) is 13.0 Å². The fraction of sp³-hybridized carbons (Fsp3) is 0.231. The number of nitrogens with one attached hydrogen (secondary N) is 1. The molecule has 4 heteroatoms. The highest BCUT2D eigenvalue weighted by molar-refractivity contribution is 9.10. The van der Waals surface area contributed by atoms with Gasteiger partial charge in [-0.05, 0) is 49.9 Å². The second-order valence-electron chi connectivity index (χ2n) is 3.87. The summed E-state index contributed by atoms with van der Waals surface area (Å²) < 4.78 is 19.6. The lowest BCUT2D eigenvalue weighted by atomic mass is 10.0. The van der Waals surface area contributed by atoms with Crippen LogP contribution in [0.1, 0.15) is 23.1 Å². The molecule has 2 aromatic rings. The van der Waals surface area contributed by atoms with Crippen molar-refractivity contribution in [3.8, 4) is 0 Å². The maximum Gasteiger partial charge on any atom is 0.125 e. The average molecular weight is 298 g/mol. The number of benzene rings is 1. The third-order valence-corrected chi connectivity index (χ3v) is 3.01. The SMILES string of the molecule is CNC(c1cc(F)cc(Br)c1)c1ccc(C)o1. The van der Waals surface area contributed by atoms with Crippen LogP contribution in [0.25, 0.3) is 0 Å². The molecule has 0 spiro atoms. The molecule has 17 heavy (non-hydrogen) atoms. The van der Waals surface area contributed by atoms with E-state index in [0.29, 0.717) is 0 Å². The van der Waals surface area contributed by atoms with Crippen LogP contribution in [-0.2, 0) is 0 Å². The lowest BCUT2D eigenvalue weighted by molar-refractivity contribution is 0.443. The number of aryl methyl sites for hydroxylation is 1. The van der Waals surface area contributed by atoms with E-state index in [1.165, 1.54) is 12.1 Å². The Labute approximate surface area is 108 Å². The van der Waals surface area contributed by atoms with Gasteiger partial charge in [0.05, 0.1) is 6.04 Å². The molecular weight excluding hydrogens is 285 g/mol. The van der Waals surface area contributed by atoms with Crippen molar-refractivity contribution in [1.82, 2.24) is 5.32 Å². The standard InChI is InChI=1S/C13H13BrFNO/c1-8-3-4-12(17-8)13(16-2)9-5-10(14)7-11(15)6-9/h3-7,13,16H,1-2H3. The van der Waals surface area contributed by atoms with Gasteiger partial charge in [0, 0.05) is 4.47 Å². The highest BCUT2D eigenvalue weighted by Crippen LogP contribution is 2.26. The minimum atomic E-state index is -0.266. The Hall–Kier alpha value is -1.13. The van der Waals surface area contributed by atoms with Crippen LogP contribution in [-0.4, -0.2) is 7.05 Å². The van der Waals surface area contributed by atoms with E-state index in [1.54, 1.807) is 0 Å². The lowest BCUT2D eigenvalue weighted by Crippen LogP contribution is -2.17. The molecule has 1 aromatic heterocycles. The minimum absolute atomic E-state index is 0.143. The van der Waals surface area contributed by atoms with E-state index in [-0.39, 0.29) is 11.9 Å². The Morgan fingerprint density at radius 2 is 2.06 bits per heavy atom. The van der Waals surface area contributed by atoms with E-state index in [4.69, 9.17) is 4.42 Å². The molecule has 2 nitrogen and oxygen atoms in total. The smallest absolute Gasteiger partial charge is 0.125 e. The van der Waals surface area contributed by atoms with Crippen LogP contribution in [0.15, 0.2) is 39.2 Å². The molecule has 1 heterocycles. The highest BCUT2D eigenvalue weighted by Gasteiger charge is 2.16. The highest BCUT2D eigenvalue weighted by atomic mass is 79.9. The summed E-state index contributed by atoms with van der Waals surface area (Å²) in [6, 6.07) is 8.47. The summed E-state index contributed by atoms with van der Waals surface area (Å²) in [5.74, 6) is 1.36. The molecule has 1 atom stereocenters. The van der Waals surface area contributed by atoms with Crippen molar-refractivity contribution in [3.63, 3.8) is 0 Å². The van der Waals surface area contributed by atoms with Gasteiger partial charge in [0.1, 0.15) is 17.3 Å². The molecule has 1 N–H and O–H groups in total. The molecule has 0 aliphatic rings. The molecular formula is C13H13BrFNO. The molecule has 0 saturated heterocycles. The van der Waals surface area contributed by atoms with Gasteiger partial charge in [-0.3, -0.25) is 0 Å². The van der Waals surface area contributed by atoms with Gasteiger partial charge in [0.15, 0.2) is 0 Å². The van der Waals surface area contributed by atoms with Gasteiger partial charge in [-0.1, -0.05) is 15.9 Å². The Morgan fingerprint density at radius 3 is 2.59 bits per heavy atom. The third kappa shape index (κ3) is 2.76. The van der Waals surface area contributed by atoms with E-state index >= 15 is 0 Å². The second-order valence-corrected chi connectivity index (χ2v) is 4.79. The molecule has 0 radical (unpaired) electrons. The molecule has 0 bridgehead atoms. The molecule has 0 aliphatic heterocycles. The first-order valence-electron chi connectivity index (χ1n) is 5.29. The van der Waals surface area contributed by atoms with Crippen LogP contribution in [0.2, 0.25) is 0 Å². The predicted octanol–water partition coefficient (Wildman–Crippen LogP) is 3.80. The summed E-state index contributed by atoms with van der Waals surface area (Å²) >= 11 is 3.29. The van der Waals surface area contributed by atoms with Crippen LogP contribution < -0.4 is 5.32 Å². The van der Waals surface area contributed by atoms with Crippen LogP contribution >= 0.6 is 15.9 Å². The fourth-order valence-electron chi connectivity index (χ4n) is 1.82. The zero-order valence-corrected chi connectivity index (χ0v) is 11.2. The van der Waals surface area contributed by atoms with Gasteiger partial charge >= 0.3 is 0 Å². The van der Waals surface area contributed by atoms with Crippen LogP contribution in [0.3, 0.4) is 0 Å². The summed E-state index contributed by atoms with van der Waals surface area (Å²) in [5.41, 5.74) is 0.828. The van der Waals surface area contributed by atoms with Crippen LogP contribution in [0.4, 0.5) is 4.39 Å². The quantitative estimate of drug-likeness (QED) is 0.932.